The molecule has 0 fully saturated rings. The summed E-state index contributed by atoms with van der Waals surface area (Å²) in [7, 11) is -4.28. The SMILES string of the molecule is O=C1COc2ccc(S(=O)(=O)Oc3ccc([N+](=O)[O-])cc3Cl)cc2N1. The van der Waals surface area contributed by atoms with Crippen molar-refractivity contribution >= 4 is 39.0 Å². The van der Waals surface area contributed by atoms with Gasteiger partial charge in [0.25, 0.3) is 11.6 Å². The van der Waals surface area contributed by atoms with Gasteiger partial charge in [0.1, 0.15) is 10.6 Å². The molecule has 1 heterocycles. The lowest BCUT2D eigenvalue weighted by Gasteiger charge is -2.18. The molecule has 0 radical (unpaired) electrons. The Kier molecular flexibility index (Phi) is 4.23. The lowest BCUT2D eigenvalue weighted by Crippen LogP contribution is -2.25. The van der Waals surface area contributed by atoms with Gasteiger partial charge < -0.3 is 14.2 Å². The Balaban J connectivity index is 1.91. The third-order valence-corrected chi connectivity index (χ3v) is 4.72. The van der Waals surface area contributed by atoms with Crippen LogP contribution in [0.4, 0.5) is 11.4 Å². The molecule has 1 amide bonds. The number of nitrogens with one attached hydrogen (secondary N) is 1. The molecule has 0 unspecified atom stereocenters. The number of anilines is 1. The topological polar surface area (TPSA) is 125 Å². The molecular weight excluding hydrogens is 376 g/mol. The van der Waals surface area contributed by atoms with Crippen molar-refractivity contribution in [1.29, 1.82) is 0 Å². The number of nitrogens with zero attached hydrogens (tertiary/aromatic N) is 1. The monoisotopic (exact) mass is 384 g/mol. The van der Waals surface area contributed by atoms with E-state index in [-0.39, 0.29) is 33.6 Å². The van der Waals surface area contributed by atoms with Crippen molar-refractivity contribution in [3.8, 4) is 11.5 Å². The van der Waals surface area contributed by atoms with E-state index in [1.54, 1.807) is 0 Å². The van der Waals surface area contributed by atoms with Gasteiger partial charge in [-0.25, -0.2) is 0 Å². The van der Waals surface area contributed by atoms with Crippen LogP contribution >= 0.6 is 11.6 Å². The number of carbonyl (C=O) groups excluding carboxylic acids is 1. The van der Waals surface area contributed by atoms with Gasteiger partial charge in [0.2, 0.25) is 0 Å². The molecule has 11 heteroatoms. The number of ether oxygens (including phenoxy) is 1. The van der Waals surface area contributed by atoms with Crippen molar-refractivity contribution in [2.75, 3.05) is 11.9 Å². The van der Waals surface area contributed by atoms with Gasteiger partial charge in [-0.2, -0.15) is 8.42 Å². The Hall–Kier alpha value is -2.85. The number of nitro groups is 1. The van der Waals surface area contributed by atoms with Gasteiger partial charge in [-0.1, -0.05) is 11.6 Å². The van der Waals surface area contributed by atoms with Gasteiger partial charge in [0, 0.05) is 12.1 Å². The number of benzene rings is 2. The average molecular weight is 385 g/mol. The van der Waals surface area contributed by atoms with Crippen LogP contribution in [0.1, 0.15) is 0 Å². The highest BCUT2D eigenvalue weighted by molar-refractivity contribution is 7.87. The highest BCUT2D eigenvalue weighted by atomic mass is 35.5. The smallest absolute Gasteiger partial charge is 0.339 e. The summed E-state index contributed by atoms with van der Waals surface area (Å²) in [5.74, 6) is -0.349. The molecule has 0 bridgehead atoms. The minimum Gasteiger partial charge on any atom is -0.482 e. The van der Waals surface area contributed by atoms with E-state index in [0.717, 1.165) is 18.2 Å². The maximum Gasteiger partial charge on any atom is 0.339 e. The van der Waals surface area contributed by atoms with Crippen molar-refractivity contribution in [3.05, 3.63) is 51.5 Å². The molecule has 0 saturated heterocycles. The predicted molar refractivity (Wildman–Crippen MR) is 86.5 cm³/mol. The van der Waals surface area contributed by atoms with E-state index in [2.05, 4.69) is 5.32 Å². The summed E-state index contributed by atoms with van der Waals surface area (Å²) in [6.45, 7) is -0.159. The number of nitro benzene ring substituents is 1. The third-order valence-electron chi connectivity index (χ3n) is 3.20. The minimum absolute atomic E-state index is 0.159. The molecule has 9 nitrogen and oxygen atoms in total. The number of non-ortho nitro benzene ring substituents is 1. The van der Waals surface area contributed by atoms with Crippen LogP contribution < -0.4 is 14.2 Å². The molecule has 130 valence electrons. The van der Waals surface area contributed by atoms with Crippen LogP contribution in [0.3, 0.4) is 0 Å². The van der Waals surface area contributed by atoms with Crippen molar-refractivity contribution < 1.29 is 27.1 Å². The summed E-state index contributed by atoms with van der Waals surface area (Å²) in [6.07, 6.45) is 0. The lowest BCUT2D eigenvalue weighted by molar-refractivity contribution is -0.384. The molecule has 1 aliphatic rings. The number of fused-ring (bicyclic) bond motifs is 1. The first-order valence-corrected chi connectivity index (χ1v) is 8.50. The first-order chi connectivity index (χ1) is 11.8. The first-order valence-electron chi connectivity index (χ1n) is 6.71. The van der Waals surface area contributed by atoms with Gasteiger partial charge in [0.05, 0.1) is 15.6 Å². The van der Waals surface area contributed by atoms with Crippen LogP contribution in [0.15, 0.2) is 41.3 Å². The standard InChI is InChI=1S/C14H9ClN2O7S/c15-10-5-8(17(19)20)1-3-12(10)24-25(21,22)9-2-4-13-11(6-9)16-14(18)7-23-13/h1-6H,7H2,(H,16,18). The van der Waals surface area contributed by atoms with Crippen LogP contribution in [0.5, 0.6) is 11.5 Å². The molecule has 25 heavy (non-hydrogen) atoms. The van der Waals surface area contributed by atoms with Crippen molar-refractivity contribution in [2.45, 2.75) is 4.90 Å². The van der Waals surface area contributed by atoms with Gasteiger partial charge in [-0.05, 0) is 24.3 Å². The normalized spacial score (nSPS) is 13.4. The fourth-order valence-corrected chi connectivity index (χ4v) is 3.29. The molecular formula is C14H9ClN2O7S. The average Bonchev–Trinajstić information content (AvgIpc) is 2.55. The van der Waals surface area contributed by atoms with Crippen molar-refractivity contribution in [1.82, 2.24) is 0 Å². The highest BCUT2D eigenvalue weighted by Gasteiger charge is 2.23. The zero-order chi connectivity index (χ0) is 18.2. The number of amides is 1. The van der Waals surface area contributed by atoms with E-state index in [9.17, 15) is 23.3 Å². The molecule has 1 N–H and O–H groups in total. The van der Waals surface area contributed by atoms with E-state index in [1.807, 2.05) is 0 Å². The number of hydrogen-bond donors (Lipinski definition) is 1. The number of halogens is 1. The summed E-state index contributed by atoms with van der Waals surface area (Å²) in [5.41, 5.74) is -0.112. The van der Waals surface area contributed by atoms with Crippen molar-refractivity contribution in [3.63, 3.8) is 0 Å². The second-order valence-electron chi connectivity index (χ2n) is 4.90. The molecule has 1 aliphatic heterocycles. The summed E-state index contributed by atoms with van der Waals surface area (Å²) in [5, 5.41) is 12.9. The van der Waals surface area contributed by atoms with E-state index in [0.29, 0.717) is 5.75 Å². The van der Waals surface area contributed by atoms with E-state index < -0.39 is 20.9 Å². The van der Waals surface area contributed by atoms with Crippen LogP contribution in [-0.2, 0) is 14.9 Å². The van der Waals surface area contributed by atoms with Gasteiger partial charge in [0.15, 0.2) is 12.4 Å². The highest BCUT2D eigenvalue weighted by Crippen LogP contribution is 2.33. The lowest BCUT2D eigenvalue weighted by atomic mass is 10.2. The summed E-state index contributed by atoms with van der Waals surface area (Å²) < 4.78 is 34.8. The van der Waals surface area contributed by atoms with Gasteiger partial charge in [-0.15, -0.1) is 0 Å². The summed E-state index contributed by atoms with van der Waals surface area (Å²) >= 11 is 5.83. The molecule has 2 aromatic rings. The molecule has 0 saturated carbocycles. The first kappa shape index (κ1) is 17.0. The molecule has 0 atom stereocenters. The fourth-order valence-electron chi connectivity index (χ4n) is 2.05. The molecule has 2 aromatic carbocycles. The van der Waals surface area contributed by atoms with E-state index in [4.69, 9.17) is 20.5 Å². The Morgan fingerprint density at radius 2 is 2.00 bits per heavy atom. The Bertz CT molecular complexity index is 991. The van der Waals surface area contributed by atoms with E-state index in [1.165, 1.54) is 18.2 Å². The van der Waals surface area contributed by atoms with Crippen molar-refractivity contribution in [2.24, 2.45) is 0 Å². The number of carbonyl (C=O) groups is 1. The molecule has 0 aromatic heterocycles. The largest absolute Gasteiger partial charge is 0.482 e. The second kappa shape index (κ2) is 6.22. The molecule has 0 aliphatic carbocycles. The Morgan fingerprint density at radius 1 is 1.24 bits per heavy atom. The van der Waals surface area contributed by atoms with Crippen LogP contribution in [-0.4, -0.2) is 25.9 Å². The number of hydrogen-bond acceptors (Lipinski definition) is 7. The Labute approximate surface area is 146 Å². The van der Waals surface area contributed by atoms with Gasteiger partial charge in [-0.3, -0.25) is 14.9 Å². The minimum atomic E-state index is -4.28. The summed E-state index contributed by atoms with van der Waals surface area (Å²) in [6, 6.07) is 6.93. The van der Waals surface area contributed by atoms with Crippen LogP contribution in [0, 0.1) is 10.1 Å². The second-order valence-corrected chi connectivity index (χ2v) is 6.86. The maximum absolute atomic E-state index is 12.4. The fraction of sp³-hybridized carbons (Fsp3) is 0.0714. The van der Waals surface area contributed by atoms with Gasteiger partial charge >= 0.3 is 10.1 Å². The molecule has 0 spiro atoms. The summed E-state index contributed by atoms with van der Waals surface area (Å²) in [4.78, 5) is 21.1. The third kappa shape index (κ3) is 3.49. The quantitative estimate of drug-likeness (QED) is 0.487. The molecule has 3 rings (SSSR count). The maximum atomic E-state index is 12.4. The predicted octanol–water partition coefficient (Wildman–Crippen LogP) is 2.35. The number of rotatable bonds is 4. The van der Waals surface area contributed by atoms with Crippen LogP contribution in [0.2, 0.25) is 5.02 Å². The van der Waals surface area contributed by atoms with E-state index >= 15 is 0 Å². The van der Waals surface area contributed by atoms with Crippen LogP contribution in [0.25, 0.3) is 0 Å². The zero-order valence-electron chi connectivity index (χ0n) is 12.3. The Morgan fingerprint density at radius 3 is 2.68 bits per heavy atom. The zero-order valence-corrected chi connectivity index (χ0v) is 13.8.